The molecule has 1 aliphatic carbocycles. The fourth-order valence-electron chi connectivity index (χ4n) is 3.33. The van der Waals surface area contributed by atoms with Crippen LogP contribution in [0.15, 0.2) is 47.6 Å². The van der Waals surface area contributed by atoms with E-state index in [1.54, 1.807) is 30.5 Å². The molecule has 0 bridgehead atoms. The van der Waals surface area contributed by atoms with Crippen LogP contribution in [0.25, 0.3) is 0 Å². The summed E-state index contributed by atoms with van der Waals surface area (Å²) in [5.41, 5.74) is 2.09. The summed E-state index contributed by atoms with van der Waals surface area (Å²) in [5, 5.41) is 6.59. The normalized spacial score (nSPS) is 17.0. The quantitative estimate of drug-likeness (QED) is 0.668. The predicted octanol–water partition coefficient (Wildman–Crippen LogP) is 3.96. The Balaban J connectivity index is 1.45. The number of hydrogen-bond donors (Lipinski definition) is 1. The molecule has 134 valence electrons. The van der Waals surface area contributed by atoms with Gasteiger partial charge in [-0.25, -0.2) is 0 Å². The van der Waals surface area contributed by atoms with Gasteiger partial charge in [0.15, 0.2) is 11.5 Å². The van der Waals surface area contributed by atoms with Crippen molar-refractivity contribution in [2.24, 2.45) is 5.16 Å². The highest BCUT2D eigenvalue weighted by Crippen LogP contribution is 2.47. The number of fused-ring (bicyclic) bond motifs is 1. The molecule has 1 aliphatic heterocycles. The number of nitrogens with one attached hydrogen (secondary N) is 1. The van der Waals surface area contributed by atoms with E-state index in [1.165, 1.54) is 7.11 Å². The summed E-state index contributed by atoms with van der Waals surface area (Å²) in [5.74, 6) is 0.752. The second-order valence-corrected chi connectivity index (χ2v) is 6.48. The highest BCUT2D eigenvalue weighted by atomic mass is 16.7. The minimum atomic E-state index is -0.495. The van der Waals surface area contributed by atoms with Crippen LogP contribution in [0.4, 0.5) is 5.69 Å². The lowest BCUT2D eigenvalue weighted by molar-refractivity contribution is -0.0716. The Labute approximate surface area is 151 Å². The molecule has 4 rings (SSSR count). The van der Waals surface area contributed by atoms with Crippen LogP contribution in [-0.2, 0) is 4.84 Å². The Morgan fingerprint density at radius 3 is 2.58 bits per heavy atom. The molecule has 1 heterocycles. The largest absolute Gasteiger partial charge is 0.448 e. The van der Waals surface area contributed by atoms with Gasteiger partial charge in [0, 0.05) is 30.2 Å². The highest BCUT2D eigenvalue weighted by Gasteiger charge is 2.44. The second-order valence-electron chi connectivity index (χ2n) is 6.48. The van der Waals surface area contributed by atoms with Crippen molar-refractivity contribution in [3.05, 3.63) is 53.6 Å². The first-order valence-electron chi connectivity index (χ1n) is 8.67. The van der Waals surface area contributed by atoms with Crippen LogP contribution in [-0.4, -0.2) is 25.0 Å². The third-order valence-corrected chi connectivity index (χ3v) is 4.64. The van der Waals surface area contributed by atoms with E-state index >= 15 is 0 Å². The predicted molar refractivity (Wildman–Crippen MR) is 97.9 cm³/mol. The Hall–Kier alpha value is -3.02. The molecule has 0 unspecified atom stereocenters. The average molecular weight is 352 g/mol. The Bertz CT molecular complexity index is 839. The van der Waals surface area contributed by atoms with E-state index in [-0.39, 0.29) is 5.91 Å². The summed E-state index contributed by atoms with van der Waals surface area (Å²) in [6, 6.07) is 12.6. The lowest BCUT2D eigenvalue weighted by Gasteiger charge is -2.21. The van der Waals surface area contributed by atoms with Gasteiger partial charge >= 0.3 is 0 Å². The van der Waals surface area contributed by atoms with Crippen LogP contribution < -0.4 is 14.8 Å². The molecule has 0 radical (unpaired) electrons. The van der Waals surface area contributed by atoms with Crippen LogP contribution in [0.2, 0.25) is 0 Å². The van der Waals surface area contributed by atoms with Crippen molar-refractivity contribution < 1.29 is 19.1 Å². The van der Waals surface area contributed by atoms with Crippen molar-refractivity contribution in [1.29, 1.82) is 0 Å². The number of carbonyl (C=O) groups is 1. The zero-order valence-electron chi connectivity index (χ0n) is 14.5. The van der Waals surface area contributed by atoms with Gasteiger partial charge in [0.1, 0.15) is 7.11 Å². The molecule has 0 saturated heterocycles. The van der Waals surface area contributed by atoms with Crippen molar-refractivity contribution in [3.63, 3.8) is 0 Å². The molecule has 0 aromatic heterocycles. The van der Waals surface area contributed by atoms with Crippen LogP contribution in [0, 0.1) is 0 Å². The van der Waals surface area contributed by atoms with Gasteiger partial charge in [-0.3, -0.25) is 4.79 Å². The number of rotatable bonds is 4. The lowest BCUT2D eigenvalue weighted by atomic mass is 10.1. The van der Waals surface area contributed by atoms with Gasteiger partial charge in [0.25, 0.3) is 11.7 Å². The van der Waals surface area contributed by atoms with Gasteiger partial charge in [0.05, 0.1) is 6.21 Å². The molecule has 2 aromatic carbocycles. The Kier molecular flexibility index (Phi) is 4.24. The number of hydrogen-bond acceptors (Lipinski definition) is 5. The van der Waals surface area contributed by atoms with E-state index in [4.69, 9.17) is 9.47 Å². The maximum atomic E-state index is 12.4. The Morgan fingerprint density at radius 2 is 1.85 bits per heavy atom. The van der Waals surface area contributed by atoms with E-state index in [2.05, 4.69) is 15.3 Å². The minimum Gasteiger partial charge on any atom is -0.448 e. The molecule has 1 amide bonds. The van der Waals surface area contributed by atoms with E-state index in [9.17, 15) is 4.79 Å². The number of carbonyl (C=O) groups excluding carboxylic acids is 1. The number of amides is 1. The van der Waals surface area contributed by atoms with Crippen LogP contribution in [0.3, 0.4) is 0 Å². The summed E-state index contributed by atoms with van der Waals surface area (Å²) >= 11 is 0. The summed E-state index contributed by atoms with van der Waals surface area (Å²) in [4.78, 5) is 17.1. The van der Waals surface area contributed by atoms with Crippen molar-refractivity contribution in [1.82, 2.24) is 0 Å². The summed E-state index contributed by atoms with van der Waals surface area (Å²) < 4.78 is 12.0. The summed E-state index contributed by atoms with van der Waals surface area (Å²) in [6.45, 7) is 0. The maximum Gasteiger partial charge on any atom is 0.255 e. The minimum absolute atomic E-state index is 0.185. The summed E-state index contributed by atoms with van der Waals surface area (Å²) in [6.07, 6.45) is 5.62. The number of benzene rings is 2. The third kappa shape index (κ3) is 3.22. The Morgan fingerprint density at radius 1 is 1.12 bits per heavy atom. The fraction of sp³-hybridized carbons (Fsp3) is 0.300. The number of oxime groups is 1. The lowest BCUT2D eigenvalue weighted by Crippen LogP contribution is -2.34. The van der Waals surface area contributed by atoms with Crippen LogP contribution >= 0.6 is 0 Å². The van der Waals surface area contributed by atoms with E-state index in [1.807, 2.05) is 18.2 Å². The molecule has 2 aromatic rings. The zero-order valence-corrected chi connectivity index (χ0v) is 14.5. The molecule has 6 heteroatoms. The van der Waals surface area contributed by atoms with Crippen molar-refractivity contribution in [2.45, 2.75) is 31.5 Å². The van der Waals surface area contributed by atoms with E-state index in [0.717, 1.165) is 37.0 Å². The molecule has 1 spiro atoms. The second kappa shape index (κ2) is 6.71. The number of anilines is 1. The van der Waals surface area contributed by atoms with E-state index < -0.39 is 5.79 Å². The van der Waals surface area contributed by atoms with Gasteiger partial charge in [0.2, 0.25) is 0 Å². The molecular formula is C20H20N2O4. The van der Waals surface area contributed by atoms with Gasteiger partial charge in [-0.2, -0.15) is 0 Å². The molecule has 1 fully saturated rings. The first-order valence-corrected chi connectivity index (χ1v) is 8.67. The fourth-order valence-corrected chi connectivity index (χ4v) is 3.33. The molecule has 6 nitrogen and oxygen atoms in total. The highest BCUT2D eigenvalue weighted by molar-refractivity contribution is 6.04. The van der Waals surface area contributed by atoms with Gasteiger partial charge in [-0.15, -0.1) is 0 Å². The van der Waals surface area contributed by atoms with E-state index in [0.29, 0.717) is 17.0 Å². The molecule has 2 aliphatic rings. The molecule has 26 heavy (non-hydrogen) atoms. The van der Waals surface area contributed by atoms with Gasteiger partial charge in [-0.1, -0.05) is 17.3 Å². The SMILES string of the molecule is CO/N=C/c1ccc(C(=O)Nc2ccc3c(c2)OC2(CCCC2)O3)cc1. The zero-order chi connectivity index (χ0) is 18.0. The maximum absolute atomic E-state index is 12.4. The molecule has 0 atom stereocenters. The number of nitrogens with zero attached hydrogens (tertiary/aromatic N) is 1. The smallest absolute Gasteiger partial charge is 0.255 e. The van der Waals surface area contributed by atoms with Crippen molar-refractivity contribution in [3.8, 4) is 11.5 Å². The van der Waals surface area contributed by atoms with Crippen molar-refractivity contribution >= 4 is 17.8 Å². The molecule has 1 saturated carbocycles. The van der Waals surface area contributed by atoms with Crippen LogP contribution in [0.1, 0.15) is 41.6 Å². The molecule has 1 N–H and O–H groups in total. The first kappa shape index (κ1) is 16.4. The van der Waals surface area contributed by atoms with Crippen molar-refractivity contribution in [2.75, 3.05) is 12.4 Å². The van der Waals surface area contributed by atoms with Gasteiger partial charge in [-0.05, 0) is 42.7 Å². The van der Waals surface area contributed by atoms with Crippen LogP contribution in [0.5, 0.6) is 11.5 Å². The van der Waals surface area contributed by atoms with Gasteiger partial charge < -0.3 is 19.6 Å². The topological polar surface area (TPSA) is 69.2 Å². The average Bonchev–Trinajstić information content (AvgIpc) is 3.26. The molecular weight excluding hydrogens is 332 g/mol. The monoisotopic (exact) mass is 352 g/mol. The standard InChI is InChI=1S/C20H20N2O4/c1-24-21-13-14-4-6-15(7-5-14)19(23)22-16-8-9-17-18(12-16)26-20(25-17)10-2-3-11-20/h4-9,12-13H,2-3,10-11H2,1H3,(H,22,23)/b21-13+. The first-order chi connectivity index (χ1) is 12.7. The number of ether oxygens (including phenoxy) is 2. The third-order valence-electron chi connectivity index (χ3n) is 4.64. The summed E-state index contributed by atoms with van der Waals surface area (Å²) in [7, 11) is 1.48.